The monoisotopic (exact) mass is 232 g/mol. The number of methoxy groups -OCH3 is 1. The fraction of sp³-hybridized carbons (Fsp3) is 0.400. The average Bonchev–Trinajstić information content (AvgIpc) is 2.35. The molecule has 2 nitrogen and oxygen atoms in total. The van der Waals surface area contributed by atoms with E-state index >= 15 is 0 Å². The molecule has 2 heteroatoms. The van der Waals surface area contributed by atoms with Crippen molar-refractivity contribution in [3.63, 3.8) is 0 Å². The molecule has 0 aliphatic heterocycles. The maximum absolute atomic E-state index is 11.3. The molecular weight excluding hydrogens is 212 g/mol. The van der Waals surface area contributed by atoms with Gasteiger partial charge in [0.1, 0.15) is 0 Å². The minimum atomic E-state index is -0.281. The smallest absolute Gasteiger partial charge is 0.337 e. The van der Waals surface area contributed by atoms with Crippen molar-refractivity contribution in [2.75, 3.05) is 7.11 Å². The fourth-order valence-corrected chi connectivity index (χ4v) is 1.51. The van der Waals surface area contributed by atoms with Gasteiger partial charge in [-0.05, 0) is 51.3 Å². The summed E-state index contributed by atoms with van der Waals surface area (Å²) in [5.41, 5.74) is 4.67. The number of benzene rings is 1. The number of allylic oxidation sites excluding steroid dienone is 2. The first-order valence-electron chi connectivity index (χ1n) is 5.84. The fourth-order valence-electron chi connectivity index (χ4n) is 1.51. The van der Waals surface area contributed by atoms with Gasteiger partial charge in [0, 0.05) is 0 Å². The number of esters is 1. The summed E-state index contributed by atoms with van der Waals surface area (Å²) in [6.45, 7) is 6.43. The summed E-state index contributed by atoms with van der Waals surface area (Å²) in [6, 6.07) is 7.62. The summed E-state index contributed by atoms with van der Waals surface area (Å²) in [6.07, 6.45) is 2.08. The molecule has 0 heterocycles. The summed E-state index contributed by atoms with van der Waals surface area (Å²) in [5.74, 6) is -0.281. The van der Waals surface area contributed by atoms with E-state index in [0.717, 1.165) is 12.8 Å². The standard InChI is InChI=1S/C15H20O2/c1-11(2)12(3)5-6-13-7-9-14(10-8-13)15(16)17-4/h7-10H,5-6H2,1-4H3. The predicted molar refractivity (Wildman–Crippen MR) is 70.2 cm³/mol. The molecule has 0 aliphatic carbocycles. The van der Waals surface area contributed by atoms with E-state index in [0.29, 0.717) is 5.56 Å². The Hall–Kier alpha value is -1.57. The normalized spacial score (nSPS) is 9.88. The number of hydrogen-bond donors (Lipinski definition) is 0. The van der Waals surface area contributed by atoms with E-state index < -0.39 is 0 Å². The molecule has 0 atom stereocenters. The Kier molecular flexibility index (Phi) is 4.95. The molecule has 1 rings (SSSR count). The van der Waals surface area contributed by atoms with Crippen molar-refractivity contribution in [1.82, 2.24) is 0 Å². The molecule has 92 valence electrons. The number of aryl methyl sites for hydroxylation is 1. The second-order valence-electron chi connectivity index (χ2n) is 4.47. The van der Waals surface area contributed by atoms with Crippen molar-refractivity contribution in [2.45, 2.75) is 33.6 Å². The van der Waals surface area contributed by atoms with Gasteiger partial charge >= 0.3 is 5.97 Å². The van der Waals surface area contributed by atoms with Crippen LogP contribution in [-0.2, 0) is 11.2 Å². The van der Waals surface area contributed by atoms with Gasteiger partial charge in [-0.3, -0.25) is 0 Å². The molecule has 0 saturated carbocycles. The van der Waals surface area contributed by atoms with Gasteiger partial charge in [0.15, 0.2) is 0 Å². The van der Waals surface area contributed by atoms with Crippen LogP contribution < -0.4 is 0 Å². The number of ether oxygens (including phenoxy) is 1. The Morgan fingerprint density at radius 2 is 1.71 bits per heavy atom. The minimum Gasteiger partial charge on any atom is -0.465 e. The Morgan fingerprint density at radius 3 is 2.18 bits per heavy atom. The number of carbonyl (C=O) groups is 1. The molecule has 0 aliphatic rings. The zero-order valence-corrected chi connectivity index (χ0v) is 11.0. The molecular formula is C15H20O2. The summed E-state index contributed by atoms with van der Waals surface area (Å²) >= 11 is 0. The Labute approximate surface area is 103 Å². The molecule has 0 aromatic heterocycles. The van der Waals surface area contributed by atoms with Crippen molar-refractivity contribution in [2.24, 2.45) is 0 Å². The minimum absolute atomic E-state index is 0.281. The van der Waals surface area contributed by atoms with Crippen LogP contribution in [0.5, 0.6) is 0 Å². The highest BCUT2D eigenvalue weighted by Crippen LogP contribution is 2.13. The third-order valence-corrected chi connectivity index (χ3v) is 3.02. The van der Waals surface area contributed by atoms with Crippen molar-refractivity contribution in [1.29, 1.82) is 0 Å². The maximum atomic E-state index is 11.3. The summed E-state index contributed by atoms with van der Waals surface area (Å²) < 4.78 is 4.66. The van der Waals surface area contributed by atoms with Crippen LogP contribution in [0.15, 0.2) is 35.4 Å². The highest BCUT2D eigenvalue weighted by molar-refractivity contribution is 5.89. The largest absolute Gasteiger partial charge is 0.465 e. The van der Waals surface area contributed by atoms with Gasteiger partial charge in [0.2, 0.25) is 0 Å². The second kappa shape index (κ2) is 6.24. The Morgan fingerprint density at radius 1 is 1.12 bits per heavy atom. The molecule has 0 spiro atoms. The molecule has 17 heavy (non-hydrogen) atoms. The zero-order chi connectivity index (χ0) is 12.8. The molecule has 0 saturated heterocycles. The van der Waals surface area contributed by atoms with Gasteiger partial charge in [0.25, 0.3) is 0 Å². The SMILES string of the molecule is COC(=O)c1ccc(CCC(C)=C(C)C)cc1. The molecule has 1 aromatic rings. The van der Waals surface area contributed by atoms with Gasteiger partial charge in [-0.25, -0.2) is 4.79 Å². The Bertz CT molecular complexity index is 409. The molecule has 0 radical (unpaired) electrons. The lowest BCUT2D eigenvalue weighted by molar-refractivity contribution is 0.0600. The topological polar surface area (TPSA) is 26.3 Å². The van der Waals surface area contributed by atoms with E-state index in [2.05, 4.69) is 25.5 Å². The number of hydrogen-bond acceptors (Lipinski definition) is 2. The van der Waals surface area contributed by atoms with Gasteiger partial charge in [0.05, 0.1) is 12.7 Å². The lowest BCUT2D eigenvalue weighted by atomic mass is 10.0. The number of rotatable bonds is 4. The van der Waals surface area contributed by atoms with Crippen LogP contribution in [0.2, 0.25) is 0 Å². The summed E-state index contributed by atoms with van der Waals surface area (Å²) in [7, 11) is 1.40. The molecule has 0 N–H and O–H groups in total. The van der Waals surface area contributed by atoms with Gasteiger partial charge in [-0.2, -0.15) is 0 Å². The second-order valence-corrected chi connectivity index (χ2v) is 4.47. The molecule has 0 unspecified atom stereocenters. The van der Waals surface area contributed by atoms with Crippen LogP contribution in [0.1, 0.15) is 43.1 Å². The van der Waals surface area contributed by atoms with E-state index in [-0.39, 0.29) is 5.97 Å². The first kappa shape index (κ1) is 13.5. The zero-order valence-electron chi connectivity index (χ0n) is 11.0. The molecule has 0 amide bonds. The van der Waals surface area contributed by atoms with Crippen LogP contribution in [0.25, 0.3) is 0 Å². The van der Waals surface area contributed by atoms with Crippen LogP contribution >= 0.6 is 0 Å². The predicted octanol–water partition coefficient (Wildman–Crippen LogP) is 3.76. The highest BCUT2D eigenvalue weighted by Gasteiger charge is 2.04. The van der Waals surface area contributed by atoms with Crippen molar-refractivity contribution in [3.8, 4) is 0 Å². The van der Waals surface area contributed by atoms with Crippen LogP contribution in [0.3, 0.4) is 0 Å². The van der Waals surface area contributed by atoms with E-state index in [1.807, 2.05) is 24.3 Å². The maximum Gasteiger partial charge on any atom is 0.337 e. The first-order valence-corrected chi connectivity index (χ1v) is 5.84. The molecule has 1 aromatic carbocycles. The molecule has 0 bridgehead atoms. The van der Waals surface area contributed by atoms with E-state index in [9.17, 15) is 4.79 Å². The first-order chi connectivity index (χ1) is 8.04. The molecule has 0 fully saturated rings. The Balaban J connectivity index is 2.63. The third-order valence-electron chi connectivity index (χ3n) is 3.02. The van der Waals surface area contributed by atoms with Gasteiger partial charge in [-0.1, -0.05) is 23.3 Å². The quantitative estimate of drug-likeness (QED) is 0.583. The van der Waals surface area contributed by atoms with E-state index in [4.69, 9.17) is 0 Å². The van der Waals surface area contributed by atoms with Crippen LogP contribution in [0, 0.1) is 0 Å². The highest BCUT2D eigenvalue weighted by atomic mass is 16.5. The lowest BCUT2D eigenvalue weighted by Crippen LogP contribution is -2.00. The van der Waals surface area contributed by atoms with Crippen molar-refractivity contribution >= 4 is 5.97 Å². The summed E-state index contributed by atoms with van der Waals surface area (Å²) in [4.78, 5) is 11.3. The van der Waals surface area contributed by atoms with E-state index in [1.165, 1.54) is 23.8 Å². The van der Waals surface area contributed by atoms with E-state index in [1.54, 1.807) is 0 Å². The van der Waals surface area contributed by atoms with Crippen molar-refractivity contribution < 1.29 is 9.53 Å². The summed E-state index contributed by atoms with van der Waals surface area (Å²) in [5, 5.41) is 0. The van der Waals surface area contributed by atoms with Crippen molar-refractivity contribution in [3.05, 3.63) is 46.5 Å². The van der Waals surface area contributed by atoms with Gasteiger partial charge in [-0.15, -0.1) is 0 Å². The van der Waals surface area contributed by atoms with Crippen LogP contribution in [-0.4, -0.2) is 13.1 Å². The third kappa shape index (κ3) is 4.06. The van der Waals surface area contributed by atoms with Crippen LogP contribution in [0.4, 0.5) is 0 Å². The van der Waals surface area contributed by atoms with Gasteiger partial charge < -0.3 is 4.74 Å². The lowest BCUT2D eigenvalue weighted by Gasteiger charge is -2.05. The average molecular weight is 232 g/mol. The number of carbonyl (C=O) groups excluding carboxylic acids is 1.